The number of hydrogen-bond acceptors (Lipinski definition) is 4. The number of ketones is 1. The highest BCUT2D eigenvalue weighted by molar-refractivity contribution is 5.77. The molecule has 0 aliphatic carbocycles. The molecule has 4 heteroatoms. The minimum Gasteiger partial charge on any atom is -0.306 e. The van der Waals surface area contributed by atoms with Crippen LogP contribution >= 0.6 is 0 Å². The molecule has 0 aromatic carbocycles. The highest BCUT2D eigenvalue weighted by Gasteiger charge is 2.09. The summed E-state index contributed by atoms with van der Waals surface area (Å²) in [4.78, 5) is 10.7. The standard InChI is InChI=1S/C7H13N3O.C4H10.C3H8.C2H6/c1-3-7-5-10(9-8-7)4-6(2)11;1-4(2)3;1-3-2;1-2/h5,8-9H,3-4H2,1-2H3;4H,1-3H3;3H2,1-2H3;1-2H3. The molecule has 0 radical (unpaired) electrons. The Morgan fingerprint density at radius 3 is 1.85 bits per heavy atom. The lowest BCUT2D eigenvalue weighted by molar-refractivity contribution is -0.118. The van der Waals surface area contributed by atoms with E-state index in [-0.39, 0.29) is 5.78 Å². The van der Waals surface area contributed by atoms with E-state index in [0.717, 1.165) is 18.0 Å². The average molecular weight is 287 g/mol. The Kier molecular flexibility index (Phi) is 21.6. The zero-order valence-electron chi connectivity index (χ0n) is 15.1. The fourth-order valence-corrected chi connectivity index (χ4v) is 0.901. The molecule has 0 unspecified atom stereocenters. The monoisotopic (exact) mass is 287 g/mol. The highest BCUT2D eigenvalue weighted by atomic mass is 16.1. The summed E-state index contributed by atoms with van der Waals surface area (Å²) in [6.07, 6.45) is 4.10. The summed E-state index contributed by atoms with van der Waals surface area (Å²) in [5.41, 5.74) is 6.91. The number of nitrogens with zero attached hydrogens (tertiary/aromatic N) is 1. The first kappa shape index (κ1) is 24.0. The molecule has 0 spiro atoms. The van der Waals surface area contributed by atoms with Crippen molar-refractivity contribution in [3.63, 3.8) is 0 Å². The van der Waals surface area contributed by atoms with Crippen LogP contribution in [0.4, 0.5) is 0 Å². The van der Waals surface area contributed by atoms with Gasteiger partial charge in [-0.25, -0.2) is 0 Å². The molecule has 0 aromatic heterocycles. The Hall–Kier alpha value is -1.03. The molecule has 1 heterocycles. The summed E-state index contributed by atoms with van der Waals surface area (Å²) < 4.78 is 0. The van der Waals surface area contributed by atoms with Gasteiger partial charge in [0.05, 0.1) is 6.54 Å². The second kappa shape index (κ2) is 18.0. The zero-order chi connectivity index (χ0) is 16.6. The second-order valence-corrected chi connectivity index (χ2v) is 5.01. The van der Waals surface area contributed by atoms with Crippen LogP contribution in [-0.4, -0.2) is 17.3 Å². The molecule has 0 amide bonds. The number of Topliss-reactive ketones (excluding diaryl/α,β-unsaturated/α-hetero) is 1. The van der Waals surface area contributed by atoms with Crippen LogP contribution < -0.4 is 11.0 Å². The van der Waals surface area contributed by atoms with E-state index < -0.39 is 0 Å². The molecule has 0 aromatic rings. The van der Waals surface area contributed by atoms with E-state index in [2.05, 4.69) is 52.5 Å². The van der Waals surface area contributed by atoms with E-state index in [4.69, 9.17) is 0 Å². The van der Waals surface area contributed by atoms with E-state index >= 15 is 0 Å². The molecule has 2 N–H and O–H groups in total. The number of carbonyl (C=O) groups is 1. The largest absolute Gasteiger partial charge is 0.306 e. The quantitative estimate of drug-likeness (QED) is 0.814. The fourth-order valence-electron chi connectivity index (χ4n) is 0.901. The maximum absolute atomic E-state index is 10.7. The van der Waals surface area contributed by atoms with Crippen molar-refractivity contribution in [3.8, 4) is 0 Å². The van der Waals surface area contributed by atoms with Gasteiger partial charge in [0, 0.05) is 11.9 Å². The van der Waals surface area contributed by atoms with E-state index in [1.54, 1.807) is 11.9 Å². The summed E-state index contributed by atoms with van der Waals surface area (Å²) in [5.74, 6) is 0.980. The third-order valence-electron chi connectivity index (χ3n) is 1.45. The van der Waals surface area contributed by atoms with Crippen LogP contribution in [0, 0.1) is 5.92 Å². The van der Waals surface area contributed by atoms with Gasteiger partial charge in [-0.2, -0.15) is 0 Å². The molecule has 1 rings (SSSR count). The van der Waals surface area contributed by atoms with Crippen molar-refractivity contribution in [2.45, 2.75) is 75.2 Å². The number of rotatable bonds is 3. The maximum atomic E-state index is 10.7. The molecular formula is C16H37N3O. The topological polar surface area (TPSA) is 44.4 Å². The van der Waals surface area contributed by atoms with Gasteiger partial charge in [-0.15, -0.1) is 5.53 Å². The predicted molar refractivity (Wildman–Crippen MR) is 89.9 cm³/mol. The lowest BCUT2D eigenvalue weighted by Gasteiger charge is -2.11. The summed E-state index contributed by atoms with van der Waals surface area (Å²) >= 11 is 0. The normalized spacial score (nSPS) is 11.9. The summed E-state index contributed by atoms with van der Waals surface area (Å²) in [5, 5.41) is 1.74. The molecule has 4 nitrogen and oxygen atoms in total. The molecule has 122 valence electrons. The van der Waals surface area contributed by atoms with E-state index in [9.17, 15) is 4.79 Å². The number of hydrazine groups is 2. The van der Waals surface area contributed by atoms with Gasteiger partial charge in [-0.05, 0) is 19.3 Å². The highest BCUT2D eigenvalue weighted by Crippen LogP contribution is 2.01. The molecular weight excluding hydrogens is 250 g/mol. The van der Waals surface area contributed by atoms with Crippen molar-refractivity contribution < 1.29 is 4.79 Å². The molecule has 0 atom stereocenters. The van der Waals surface area contributed by atoms with Gasteiger partial charge in [0.25, 0.3) is 0 Å². The van der Waals surface area contributed by atoms with Gasteiger partial charge >= 0.3 is 0 Å². The molecule has 0 fully saturated rings. The van der Waals surface area contributed by atoms with Gasteiger partial charge in [0.15, 0.2) is 5.78 Å². The molecule has 0 saturated heterocycles. The van der Waals surface area contributed by atoms with Crippen molar-refractivity contribution in [3.05, 3.63) is 11.9 Å². The van der Waals surface area contributed by atoms with Gasteiger partial charge < -0.3 is 5.43 Å². The first-order valence-electron chi connectivity index (χ1n) is 7.85. The van der Waals surface area contributed by atoms with Gasteiger partial charge in [-0.1, -0.05) is 61.8 Å². The molecule has 1 aliphatic rings. The third kappa shape index (κ3) is 22.2. The summed E-state index contributed by atoms with van der Waals surface area (Å²) in [7, 11) is 0. The maximum Gasteiger partial charge on any atom is 0.150 e. The van der Waals surface area contributed by atoms with Crippen molar-refractivity contribution in [2.24, 2.45) is 5.92 Å². The third-order valence-corrected chi connectivity index (χ3v) is 1.45. The van der Waals surface area contributed by atoms with Crippen LogP contribution in [0.15, 0.2) is 11.9 Å². The molecule has 0 bridgehead atoms. The van der Waals surface area contributed by atoms with Crippen LogP contribution in [0.3, 0.4) is 0 Å². The Labute approximate surface area is 126 Å². The number of nitrogens with one attached hydrogen (secondary N) is 2. The summed E-state index contributed by atoms with van der Waals surface area (Å²) in [6, 6.07) is 0. The fraction of sp³-hybridized carbons (Fsp3) is 0.812. The van der Waals surface area contributed by atoms with Gasteiger partial charge in [-0.3, -0.25) is 9.80 Å². The minimum absolute atomic E-state index is 0.146. The SMILES string of the molecule is CC.CC(C)C.CCC.CCC1=CN(CC(C)=O)NN1. The summed E-state index contributed by atoms with van der Waals surface area (Å²) in [6.45, 7) is 18.8. The lowest BCUT2D eigenvalue weighted by atomic mass is 10.3. The van der Waals surface area contributed by atoms with Crippen LogP contribution in [0.1, 0.15) is 75.2 Å². The number of hydrogen-bond donors (Lipinski definition) is 2. The molecule has 0 saturated carbocycles. The predicted octanol–water partition coefficient (Wildman–Crippen LogP) is 4.26. The molecule has 1 aliphatic heterocycles. The lowest BCUT2D eigenvalue weighted by Crippen LogP contribution is -2.38. The first-order chi connectivity index (χ1) is 9.37. The van der Waals surface area contributed by atoms with Crippen LogP contribution in [-0.2, 0) is 4.79 Å². The van der Waals surface area contributed by atoms with Crippen LogP contribution in [0.25, 0.3) is 0 Å². The smallest absolute Gasteiger partial charge is 0.150 e. The molecule has 20 heavy (non-hydrogen) atoms. The number of allylic oxidation sites excluding steroid dienone is 1. The Balaban J connectivity index is -0.000000269. The van der Waals surface area contributed by atoms with Crippen LogP contribution in [0.2, 0.25) is 0 Å². The number of carbonyl (C=O) groups excluding carboxylic acids is 1. The van der Waals surface area contributed by atoms with E-state index in [0.29, 0.717) is 6.54 Å². The minimum atomic E-state index is 0.146. The Morgan fingerprint density at radius 2 is 1.60 bits per heavy atom. The Morgan fingerprint density at radius 1 is 1.20 bits per heavy atom. The van der Waals surface area contributed by atoms with E-state index in [1.165, 1.54) is 6.42 Å². The van der Waals surface area contributed by atoms with E-state index in [1.807, 2.05) is 20.0 Å². The van der Waals surface area contributed by atoms with Crippen molar-refractivity contribution >= 4 is 5.78 Å². The average Bonchev–Trinajstić information content (AvgIpc) is 2.79. The first-order valence-corrected chi connectivity index (χ1v) is 7.85. The second-order valence-electron chi connectivity index (χ2n) is 5.01. The van der Waals surface area contributed by atoms with Crippen molar-refractivity contribution in [2.75, 3.05) is 6.54 Å². The van der Waals surface area contributed by atoms with Crippen LogP contribution in [0.5, 0.6) is 0 Å². The van der Waals surface area contributed by atoms with Gasteiger partial charge in [0.2, 0.25) is 0 Å². The van der Waals surface area contributed by atoms with Crippen molar-refractivity contribution in [1.82, 2.24) is 16.0 Å². The Bertz CT molecular complexity index is 235. The zero-order valence-corrected chi connectivity index (χ0v) is 15.1. The van der Waals surface area contributed by atoms with Crippen molar-refractivity contribution in [1.29, 1.82) is 0 Å². The van der Waals surface area contributed by atoms with Gasteiger partial charge in [0.1, 0.15) is 0 Å².